The predicted molar refractivity (Wildman–Crippen MR) is 111 cm³/mol. The minimum Gasteiger partial charge on any atom is -0.457 e. The summed E-state index contributed by atoms with van der Waals surface area (Å²) in [5.41, 5.74) is 1.46. The second-order valence-corrected chi connectivity index (χ2v) is 6.80. The van der Waals surface area contributed by atoms with E-state index < -0.39 is 22.8 Å². The van der Waals surface area contributed by atoms with Gasteiger partial charge in [0.05, 0.1) is 10.6 Å². The minimum atomic E-state index is -0.830. The number of carbonyl (C=O) groups excluding carboxylic acids is 3. The summed E-state index contributed by atoms with van der Waals surface area (Å²) in [5, 5.41) is 12.9. The number of nitro groups is 1. The molecule has 4 rings (SSSR count). The molecule has 0 unspecified atom stereocenters. The lowest BCUT2D eigenvalue weighted by atomic mass is 10.1. The topological polar surface area (TPSA) is 123 Å². The van der Waals surface area contributed by atoms with Gasteiger partial charge in [-0.05, 0) is 55.0 Å². The smallest absolute Gasteiger partial charge is 0.335 e. The van der Waals surface area contributed by atoms with E-state index in [4.69, 9.17) is 4.42 Å². The molecule has 154 valence electrons. The van der Waals surface area contributed by atoms with E-state index in [9.17, 15) is 24.5 Å². The van der Waals surface area contributed by atoms with E-state index in [-0.39, 0.29) is 17.0 Å². The fourth-order valence-electron chi connectivity index (χ4n) is 3.13. The molecule has 9 nitrogen and oxygen atoms in total. The van der Waals surface area contributed by atoms with Gasteiger partial charge >= 0.3 is 6.03 Å². The second kappa shape index (κ2) is 7.71. The Labute approximate surface area is 175 Å². The van der Waals surface area contributed by atoms with Gasteiger partial charge in [0.2, 0.25) is 0 Å². The SMILES string of the molecule is Cc1cccc(N2C(=O)NC(=O)/C(=C/c3ccc(-c4ccc([N+](=O)[O-])cc4)o3)C2=O)c1. The number of hydrogen-bond donors (Lipinski definition) is 1. The maximum atomic E-state index is 12.9. The van der Waals surface area contributed by atoms with E-state index in [1.54, 1.807) is 30.3 Å². The van der Waals surface area contributed by atoms with Crippen molar-refractivity contribution < 1.29 is 23.7 Å². The van der Waals surface area contributed by atoms with Gasteiger partial charge in [-0.1, -0.05) is 12.1 Å². The second-order valence-electron chi connectivity index (χ2n) is 6.80. The predicted octanol–water partition coefficient (Wildman–Crippen LogP) is 3.83. The number of nitrogens with one attached hydrogen (secondary N) is 1. The quantitative estimate of drug-likeness (QED) is 0.298. The van der Waals surface area contributed by atoms with Crippen molar-refractivity contribution in [3.63, 3.8) is 0 Å². The standard InChI is InChI=1S/C22H15N3O6/c1-13-3-2-4-16(11-13)24-21(27)18(20(26)23-22(24)28)12-17-9-10-19(31-17)14-5-7-15(8-6-14)25(29)30/h2-12H,1H3,(H,23,26,28)/b18-12-. The first kappa shape index (κ1) is 19.8. The fraction of sp³-hybridized carbons (Fsp3) is 0.0455. The lowest BCUT2D eigenvalue weighted by molar-refractivity contribution is -0.384. The van der Waals surface area contributed by atoms with Crippen LogP contribution in [-0.2, 0) is 9.59 Å². The molecule has 0 spiro atoms. The van der Waals surface area contributed by atoms with Crippen molar-refractivity contribution in [2.45, 2.75) is 6.92 Å². The van der Waals surface area contributed by atoms with Gasteiger partial charge in [0.1, 0.15) is 17.1 Å². The van der Waals surface area contributed by atoms with Crippen molar-refractivity contribution in [2.24, 2.45) is 0 Å². The summed E-state index contributed by atoms with van der Waals surface area (Å²) in [6.45, 7) is 1.82. The lowest BCUT2D eigenvalue weighted by Crippen LogP contribution is -2.54. The number of furan rings is 1. The highest BCUT2D eigenvalue weighted by atomic mass is 16.6. The number of carbonyl (C=O) groups is 3. The van der Waals surface area contributed by atoms with Gasteiger partial charge in [0.25, 0.3) is 17.5 Å². The summed E-state index contributed by atoms with van der Waals surface area (Å²) < 4.78 is 5.67. The molecule has 2 aromatic carbocycles. The Morgan fingerprint density at radius 3 is 2.45 bits per heavy atom. The summed E-state index contributed by atoms with van der Waals surface area (Å²) in [7, 11) is 0. The molecule has 0 saturated carbocycles. The molecule has 1 aromatic heterocycles. The number of amides is 4. The zero-order valence-corrected chi connectivity index (χ0v) is 16.2. The lowest BCUT2D eigenvalue weighted by Gasteiger charge is -2.26. The average Bonchev–Trinajstić information content (AvgIpc) is 3.20. The normalized spacial score (nSPS) is 15.3. The summed E-state index contributed by atoms with van der Waals surface area (Å²) >= 11 is 0. The summed E-state index contributed by atoms with van der Waals surface area (Å²) in [4.78, 5) is 48.6. The molecule has 1 saturated heterocycles. The molecule has 1 aliphatic heterocycles. The van der Waals surface area contributed by atoms with Crippen LogP contribution in [0, 0.1) is 17.0 Å². The first-order chi connectivity index (χ1) is 14.8. The van der Waals surface area contributed by atoms with Crippen LogP contribution in [0.25, 0.3) is 17.4 Å². The molecule has 0 bridgehead atoms. The third kappa shape index (κ3) is 3.84. The molecule has 4 amide bonds. The van der Waals surface area contributed by atoms with E-state index >= 15 is 0 Å². The van der Waals surface area contributed by atoms with E-state index in [1.165, 1.54) is 30.3 Å². The highest BCUT2D eigenvalue weighted by Gasteiger charge is 2.37. The monoisotopic (exact) mass is 417 g/mol. The van der Waals surface area contributed by atoms with Crippen LogP contribution in [-0.4, -0.2) is 22.8 Å². The molecule has 31 heavy (non-hydrogen) atoms. The van der Waals surface area contributed by atoms with Gasteiger partial charge in [-0.15, -0.1) is 0 Å². The molecule has 0 radical (unpaired) electrons. The number of imide groups is 2. The first-order valence-electron chi connectivity index (χ1n) is 9.16. The van der Waals surface area contributed by atoms with Crippen LogP contribution >= 0.6 is 0 Å². The highest BCUT2D eigenvalue weighted by molar-refractivity contribution is 6.39. The fourth-order valence-corrected chi connectivity index (χ4v) is 3.13. The van der Waals surface area contributed by atoms with Crippen LogP contribution in [0.15, 0.2) is 70.7 Å². The van der Waals surface area contributed by atoms with E-state index in [0.717, 1.165) is 10.5 Å². The Kier molecular flexibility index (Phi) is 4.92. The Hall–Kier alpha value is -4.53. The van der Waals surface area contributed by atoms with Crippen molar-refractivity contribution in [2.75, 3.05) is 4.90 Å². The summed E-state index contributed by atoms with van der Waals surface area (Å²) in [5.74, 6) is -0.984. The summed E-state index contributed by atoms with van der Waals surface area (Å²) in [6.07, 6.45) is 1.25. The number of nitro benzene ring substituents is 1. The number of aryl methyl sites for hydroxylation is 1. The Bertz CT molecular complexity index is 1260. The van der Waals surface area contributed by atoms with Gasteiger partial charge in [-0.25, -0.2) is 9.69 Å². The van der Waals surface area contributed by atoms with E-state index in [2.05, 4.69) is 5.32 Å². The van der Waals surface area contributed by atoms with E-state index in [0.29, 0.717) is 17.0 Å². The number of hydrogen-bond acceptors (Lipinski definition) is 6. The highest BCUT2D eigenvalue weighted by Crippen LogP contribution is 2.27. The van der Waals surface area contributed by atoms with Crippen LogP contribution in [0.2, 0.25) is 0 Å². The van der Waals surface area contributed by atoms with Gasteiger partial charge < -0.3 is 4.42 Å². The first-order valence-corrected chi connectivity index (χ1v) is 9.16. The number of benzene rings is 2. The number of anilines is 1. The number of nitrogens with zero attached hydrogens (tertiary/aromatic N) is 2. The maximum Gasteiger partial charge on any atom is 0.335 e. The van der Waals surface area contributed by atoms with Crippen LogP contribution in [0.5, 0.6) is 0 Å². The molecule has 1 N–H and O–H groups in total. The number of barbiturate groups is 1. The zero-order valence-electron chi connectivity index (χ0n) is 16.2. The number of non-ortho nitro benzene ring substituents is 1. The molecule has 1 aliphatic rings. The molecule has 1 fully saturated rings. The van der Waals surface area contributed by atoms with Crippen molar-refractivity contribution >= 4 is 35.3 Å². The van der Waals surface area contributed by atoms with Gasteiger partial charge in [-0.2, -0.15) is 0 Å². The van der Waals surface area contributed by atoms with Gasteiger partial charge in [-0.3, -0.25) is 25.0 Å². The Morgan fingerprint density at radius 2 is 1.77 bits per heavy atom. The van der Waals surface area contributed by atoms with Crippen molar-refractivity contribution in [1.29, 1.82) is 0 Å². The molecule has 9 heteroatoms. The molecular weight excluding hydrogens is 402 g/mol. The van der Waals surface area contributed by atoms with Crippen LogP contribution in [0.4, 0.5) is 16.2 Å². The largest absolute Gasteiger partial charge is 0.457 e. The van der Waals surface area contributed by atoms with E-state index in [1.807, 2.05) is 13.0 Å². The number of rotatable bonds is 4. The maximum absolute atomic E-state index is 12.9. The number of urea groups is 1. The third-order valence-corrected chi connectivity index (χ3v) is 4.64. The van der Waals surface area contributed by atoms with Gasteiger partial charge in [0.15, 0.2) is 0 Å². The van der Waals surface area contributed by atoms with Crippen molar-refractivity contribution in [3.05, 3.63) is 87.7 Å². The van der Waals surface area contributed by atoms with Crippen LogP contribution in [0.3, 0.4) is 0 Å². The van der Waals surface area contributed by atoms with Crippen LogP contribution < -0.4 is 10.2 Å². The molecular formula is C22H15N3O6. The van der Waals surface area contributed by atoms with Gasteiger partial charge in [0, 0.05) is 17.7 Å². The Morgan fingerprint density at radius 1 is 1.03 bits per heavy atom. The minimum absolute atomic E-state index is 0.0528. The molecule has 2 heterocycles. The Balaban J connectivity index is 1.64. The molecule has 0 aliphatic carbocycles. The average molecular weight is 417 g/mol. The summed E-state index contributed by atoms with van der Waals surface area (Å²) in [6, 6.07) is 14.9. The molecule has 0 atom stereocenters. The zero-order chi connectivity index (χ0) is 22.1. The molecule has 3 aromatic rings. The van der Waals surface area contributed by atoms with Crippen LogP contribution in [0.1, 0.15) is 11.3 Å². The van der Waals surface area contributed by atoms with Crippen molar-refractivity contribution in [1.82, 2.24) is 5.32 Å². The van der Waals surface area contributed by atoms with Crippen molar-refractivity contribution in [3.8, 4) is 11.3 Å². The third-order valence-electron chi connectivity index (χ3n) is 4.64.